The fourth-order valence-electron chi connectivity index (χ4n) is 2.14. The lowest BCUT2D eigenvalue weighted by Gasteiger charge is -2.12. The zero-order valence-electron chi connectivity index (χ0n) is 11.3. The summed E-state index contributed by atoms with van der Waals surface area (Å²) in [5.74, 6) is -0.281. The molecule has 0 bridgehead atoms. The van der Waals surface area contributed by atoms with E-state index in [1.807, 2.05) is 6.08 Å². The summed E-state index contributed by atoms with van der Waals surface area (Å²) >= 11 is 0. The first-order valence-electron chi connectivity index (χ1n) is 6.49. The SMILES string of the molecule is CC(C)=CCCC1=C[C@@H](C2=CC(=O)C=CC2=O)OC1. The van der Waals surface area contributed by atoms with Crippen molar-refractivity contribution in [2.24, 2.45) is 0 Å². The maximum atomic E-state index is 11.7. The van der Waals surface area contributed by atoms with Gasteiger partial charge >= 0.3 is 0 Å². The minimum atomic E-state index is -0.358. The Morgan fingerprint density at radius 3 is 2.89 bits per heavy atom. The minimum Gasteiger partial charge on any atom is -0.365 e. The molecule has 0 fully saturated rings. The molecule has 2 aliphatic rings. The van der Waals surface area contributed by atoms with Crippen molar-refractivity contribution < 1.29 is 14.3 Å². The molecule has 1 aliphatic carbocycles. The molecule has 1 heterocycles. The average molecular weight is 258 g/mol. The summed E-state index contributed by atoms with van der Waals surface area (Å²) in [6.07, 6.45) is 9.70. The third-order valence-corrected chi connectivity index (χ3v) is 3.14. The molecule has 0 radical (unpaired) electrons. The molecule has 2 rings (SSSR count). The number of ketones is 2. The third-order valence-electron chi connectivity index (χ3n) is 3.14. The summed E-state index contributed by atoms with van der Waals surface area (Å²) < 4.78 is 5.59. The van der Waals surface area contributed by atoms with Gasteiger partial charge in [0, 0.05) is 5.57 Å². The maximum Gasteiger partial charge on any atom is 0.185 e. The molecule has 0 N–H and O–H groups in total. The molecule has 1 aliphatic heterocycles. The van der Waals surface area contributed by atoms with Crippen LogP contribution < -0.4 is 0 Å². The predicted octanol–water partition coefficient (Wildman–Crippen LogP) is 2.69. The van der Waals surface area contributed by atoms with Gasteiger partial charge in [-0.2, -0.15) is 0 Å². The molecular weight excluding hydrogens is 240 g/mol. The first-order chi connectivity index (χ1) is 9.06. The number of allylic oxidation sites excluding steroid dienone is 5. The molecule has 0 saturated carbocycles. The Kier molecular flexibility index (Phi) is 4.27. The predicted molar refractivity (Wildman–Crippen MR) is 73.7 cm³/mol. The van der Waals surface area contributed by atoms with Crippen LogP contribution >= 0.6 is 0 Å². The zero-order valence-corrected chi connectivity index (χ0v) is 11.3. The van der Waals surface area contributed by atoms with Gasteiger partial charge in [0.05, 0.1) is 6.61 Å². The molecular formula is C16H18O3. The normalized spacial score (nSPS) is 22.3. The Morgan fingerprint density at radius 1 is 1.37 bits per heavy atom. The van der Waals surface area contributed by atoms with Crippen LogP contribution in [0.1, 0.15) is 26.7 Å². The molecule has 0 spiro atoms. The lowest BCUT2D eigenvalue weighted by molar-refractivity contribution is -0.115. The smallest absolute Gasteiger partial charge is 0.185 e. The van der Waals surface area contributed by atoms with Gasteiger partial charge < -0.3 is 4.74 Å². The van der Waals surface area contributed by atoms with Crippen molar-refractivity contribution in [1.29, 1.82) is 0 Å². The highest BCUT2D eigenvalue weighted by molar-refractivity contribution is 6.17. The Morgan fingerprint density at radius 2 is 2.16 bits per heavy atom. The van der Waals surface area contributed by atoms with E-state index in [0.29, 0.717) is 12.2 Å². The fraction of sp³-hybridized carbons (Fsp3) is 0.375. The van der Waals surface area contributed by atoms with E-state index in [4.69, 9.17) is 4.74 Å². The minimum absolute atomic E-state index is 0.133. The molecule has 1 atom stereocenters. The van der Waals surface area contributed by atoms with Crippen LogP contribution in [-0.2, 0) is 14.3 Å². The fourth-order valence-corrected chi connectivity index (χ4v) is 2.14. The molecule has 100 valence electrons. The summed E-state index contributed by atoms with van der Waals surface area (Å²) in [5, 5.41) is 0. The van der Waals surface area contributed by atoms with Gasteiger partial charge in [-0.25, -0.2) is 0 Å². The van der Waals surface area contributed by atoms with Crippen LogP contribution in [0, 0.1) is 0 Å². The van der Waals surface area contributed by atoms with E-state index in [2.05, 4.69) is 19.9 Å². The second-order valence-corrected chi connectivity index (χ2v) is 5.08. The lowest BCUT2D eigenvalue weighted by atomic mass is 9.97. The van der Waals surface area contributed by atoms with Crippen molar-refractivity contribution in [2.75, 3.05) is 6.61 Å². The van der Waals surface area contributed by atoms with Crippen molar-refractivity contribution in [3.63, 3.8) is 0 Å². The van der Waals surface area contributed by atoms with E-state index in [1.165, 1.54) is 29.4 Å². The van der Waals surface area contributed by atoms with Crippen LogP contribution in [0.25, 0.3) is 0 Å². The van der Waals surface area contributed by atoms with Crippen LogP contribution in [0.15, 0.2) is 47.1 Å². The maximum absolute atomic E-state index is 11.7. The topological polar surface area (TPSA) is 43.4 Å². The monoisotopic (exact) mass is 258 g/mol. The second kappa shape index (κ2) is 5.93. The second-order valence-electron chi connectivity index (χ2n) is 5.08. The quantitative estimate of drug-likeness (QED) is 0.575. The molecule has 0 saturated heterocycles. The highest BCUT2D eigenvalue weighted by Gasteiger charge is 2.25. The molecule has 19 heavy (non-hydrogen) atoms. The van der Waals surface area contributed by atoms with E-state index >= 15 is 0 Å². The number of ether oxygens (including phenoxy) is 1. The number of hydrogen-bond donors (Lipinski definition) is 0. The van der Waals surface area contributed by atoms with Gasteiger partial charge in [-0.05, 0) is 56.6 Å². The largest absolute Gasteiger partial charge is 0.365 e. The molecule has 0 aromatic rings. The van der Waals surface area contributed by atoms with Crippen molar-refractivity contribution in [3.8, 4) is 0 Å². The summed E-state index contributed by atoms with van der Waals surface area (Å²) in [5.41, 5.74) is 2.94. The summed E-state index contributed by atoms with van der Waals surface area (Å²) in [6.45, 7) is 4.70. The third kappa shape index (κ3) is 3.61. The van der Waals surface area contributed by atoms with E-state index in [-0.39, 0.29) is 17.7 Å². The number of hydrogen-bond acceptors (Lipinski definition) is 3. The Balaban J connectivity index is 2.00. The van der Waals surface area contributed by atoms with E-state index in [9.17, 15) is 9.59 Å². The van der Waals surface area contributed by atoms with Gasteiger partial charge in [0.25, 0.3) is 0 Å². The first kappa shape index (κ1) is 13.7. The Labute approximate surface area is 113 Å². The number of rotatable bonds is 4. The molecule has 0 unspecified atom stereocenters. The van der Waals surface area contributed by atoms with Crippen LogP contribution in [0.3, 0.4) is 0 Å². The summed E-state index contributed by atoms with van der Waals surface area (Å²) in [4.78, 5) is 23.0. The van der Waals surface area contributed by atoms with Crippen molar-refractivity contribution >= 4 is 11.6 Å². The summed E-state index contributed by atoms with van der Waals surface area (Å²) in [7, 11) is 0. The number of carbonyl (C=O) groups is 2. The van der Waals surface area contributed by atoms with Gasteiger partial charge in [-0.1, -0.05) is 11.6 Å². The highest BCUT2D eigenvalue weighted by atomic mass is 16.5. The zero-order chi connectivity index (χ0) is 13.8. The van der Waals surface area contributed by atoms with Crippen molar-refractivity contribution in [3.05, 3.63) is 47.1 Å². The van der Waals surface area contributed by atoms with E-state index in [1.54, 1.807) is 0 Å². The van der Waals surface area contributed by atoms with Crippen molar-refractivity contribution in [2.45, 2.75) is 32.8 Å². The average Bonchev–Trinajstić information content (AvgIpc) is 2.80. The Bertz CT molecular complexity index is 514. The summed E-state index contributed by atoms with van der Waals surface area (Å²) in [6, 6.07) is 0. The molecule has 0 aromatic carbocycles. The van der Waals surface area contributed by atoms with E-state index in [0.717, 1.165) is 12.8 Å². The highest BCUT2D eigenvalue weighted by Crippen LogP contribution is 2.24. The standard InChI is InChI=1S/C16H18O3/c1-11(2)4-3-5-12-8-16(19-10-12)14-9-13(17)6-7-15(14)18/h4,6-9,16H,3,5,10H2,1-2H3/t16-/m0/s1. The Hall–Kier alpha value is -1.74. The number of carbonyl (C=O) groups excluding carboxylic acids is 2. The van der Waals surface area contributed by atoms with E-state index < -0.39 is 0 Å². The van der Waals surface area contributed by atoms with Gasteiger partial charge in [0.2, 0.25) is 0 Å². The molecule has 0 aromatic heterocycles. The molecule has 3 heteroatoms. The first-order valence-corrected chi connectivity index (χ1v) is 6.49. The van der Waals surface area contributed by atoms with Gasteiger partial charge in [0.15, 0.2) is 11.6 Å². The van der Waals surface area contributed by atoms with Crippen LogP contribution in [0.5, 0.6) is 0 Å². The van der Waals surface area contributed by atoms with Gasteiger partial charge in [-0.3, -0.25) is 9.59 Å². The van der Waals surface area contributed by atoms with Crippen LogP contribution in [0.4, 0.5) is 0 Å². The molecule has 0 amide bonds. The van der Waals surface area contributed by atoms with Crippen molar-refractivity contribution in [1.82, 2.24) is 0 Å². The van der Waals surface area contributed by atoms with Gasteiger partial charge in [-0.15, -0.1) is 0 Å². The lowest BCUT2D eigenvalue weighted by Crippen LogP contribution is -2.19. The van der Waals surface area contributed by atoms with Gasteiger partial charge in [0.1, 0.15) is 6.10 Å². The van der Waals surface area contributed by atoms with Crippen LogP contribution in [0.2, 0.25) is 0 Å². The van der Waals surface area contributed by atoms with Crippen LogP contribution in [-0.4, -0.2) is 24.3 Å². The molecule has 3 nitrogen and oxygen atoms in total.